The topological polar surface area (TPSA) is 82.2 Å². The normalized spacial score (nSPS) is 18.8. The molecule has 0 radical (unpaired) electrons. The van der Waals surface area contributed by atoms with E-state index < -0.39 is 12.0 Å². The standard InChI is InChI=1S/C26H28Cl2N4O4/c1-3-36-25(34)22-21(30(2)26(35)29-23(22)17-8-4-6-10-19(17)27)16-31-12-14-32(15-13-31)24(33)18-9-5-7-11-20(18)28/h4-11,23H,3,12-16H2,1-2H3,(H,29,35)/t23-/m1/s1. The van der Waals surface area contributed by atoms with Gasteiger partial charge in [0, 0.05) is 50.5 Å². The average Bonchev–Trinajstić information content (AvgIpc) is 2.87. The molecule has 0 aliphatic carbocycles. The van der Waals surface area contributed by atoms with E-state index in [1.54, 1.807) is 61.3 Å². The number of hydrogen-bond acceptors (Lipinski definition) is 5. The molecule has 0 bridgehead atoms. The number of rotatable bonds is 6. The number of benzene rings is 2. The molecule has 2 heterocycles. The maximum Gasteiger partial charge on any atom is 0.338 e. The van der Waals surface area contributed by atoms with Gasteiger partial charge in [0.05, 0.1) is 28.8 Å². The van der Waals surface area contributed by atoms with Crippen molar-refractivity contribution in [1.29, 1.82) is 0 Å². The van der Waals surface area contributed by atoms with Crippen LogP contribution in [0, 0.1) is 0 Å². The number of halogens is 2. The molecule has 2 aromatic carbocycles. The Hall–Kier alpha value is -3.07. The molecular weight excluding hydrogens is 503 g/mol. The van der Waals surface area contributed by atoms with E-state index in [0.717, 1.165) is 0 Å². The van der Waals surface area contributed by atoms with Gasteiger partial charge < -0.3 is 15.0 Å². The highest BCUT2D eigenvalue weighted by atomic mass is 35.5. The monoisotopic (exact) mass is 530 g/mol. The fourth-order valence-corrected chi connectivity index (χ4v) is 4.93. The van der Waals surface area contributed by atoms with Gasteiger partial charge in [-0.1, -0.05) is 53.5 Å². The van der Waals surface area contributed by atoms with Crippen LogP contribution in [0.1, 0.15) is 28.9 Å². The van der Waals surface area contributed by atoms with Gasteiger partial charge in [-0.05, 0) is 30.7 Å². The van der Waals surface area contributed by atoms with Crippen LogP contribution >= 0.6 is 23.2 Å². The van der Waals surface area contributed by atoms with Crippen LogP contribution in [0.25, 0.3) is 0 Å². The number of ether oxygens (including phenoxy) is 1. The molecular formula is C26H28Cl2N4O4. The summed E-state index contributed by atoms with van der Waals surface area (Å²) < 4.78 is 5.38. The molecule has 1 N–H and O–H groups in total. The highest BCUT2D eigenvalue weighted by molar-refractivity contribution is 6.33. The average molecular weight is 531 g/mol. The number of urea groups is 1. The smallest absolute Gasteiger partial charge is 0.338 e. The van der Waals surface area contributed by atoms with Crippen molar-refractivity contribution in [3.05, 3.63) is 81.0 Å². The van der Waals surface area contributed by atoms with Crippen molar-refractivity contribution in [3.63, 3.8) is 0 Å². The van der Waals surface area contributed by atoms with Crippen molar-refractivity contribution in [2.45, 2.75) is 13.0 Å². The molecule has 36 heavy (non-hydrogen) atoms. The van der Waals surface area contributed by atoms with Gasteiger partial charge in [0.2, 0.25) is 0 Å². The first-order valence-electron chi connectivity index (χ1n) is 11.8. The SMILES string of the molecule is CCOC(=O)C1=C(CN2CCN(C(=O)c3ccccc3Cl)CC2)N(C)C(=O)N[C@@H]1c1ccccc1Cl. The number of esters is 1. The predicted octanol–water partition coefficient (Wildman–Crippen LogP) is 3.96. The van der Waals surface area contributed by atoms with Crippen molar-refractivity contribution in [2.75, 3.05) is 46.4 Å². The molecule has 3 amide bonds. The molecule has 1 atom stereocenters. The number of carbonyl (C=O) groups is 3. The number of carbonyl (C=O) groups excluding carboxylic acids is 3. The van der Waals surface area contributed by atoms with E-state index in [0.29, 0.717) is 65.2 Å². The number of likely N-dealkylation sites (N-methyl/N-ethyl adjacent to an activating group) is 1. The van der Waals surface area contributed by atoms with E-state index in [4.69, 9.17) is 27.9 Å². The van der Waals surface area contributed by atoms with Gasteiger partial charge in [-0.25, -0.2) is 9.59 Å². The van der Waals surface area contributed by atoms with Crippen LogP contribution in [0.15, 0.2) is 59.8 Å². The molecule has 0 saturated carbocycles. The molecule has 2 aliphatic rings. The summed E-state index contributed by atoms with van der Waals surface area (Å²) in [6, 6.07) is 13.0. The summed E-state index contributed by atoms with van der Waals surface area (Å²) >= 11 is 12.7. The Balaban J connectivity index is 1.58. The Labute approximate surface area is 220 Å². The van der Waals surface area contributed by atoms with Gasteiger partial charge in [0.1, 0.15) is 0 Å². The fraction of sp³-hybridized carbons (Fsp3) is 0.346. The summed E-state index contributed by atoms with van der Waals surface area (Å²) in [5.74, 6) is -0.614. The molecule has 1 fully saturated rings. The Bertz CT molecular complexity index is 1190. The Kier molecular flexibility index (Phi) is 8.18. The highest BCUT2D eigenvalue weighted by Gasteiger charge is 2.38. The zero-order valence-corrected chi connectivity index (χ0v) is 21.7. The molecule has 2 aromatic rings. The largest absolute Gasteiger partial charge is 0.463 e. The minimum Gasteiger partial charge on any atom is -0.463 e. The lowest BCUT2D eigenvalue weighted by Gasteiger charge is -2.39. The fourth-order valence-electron chi connectivity index (χ4n) is 4.47. The van der Waals surface area contributed by atoms with Crippen molar-refractivity contribution >= 4 is 41.1 Å². The first-order valence-corrected chi connectivity index (χ1v) is 12.5. The second-order valence-electron chi connectivity index (χ2n) is 8.59. The molecule has 10 heteroatoms. The van der Waals surface area contributed by atoms with E-state index in [1.165, 1.54) is 4.90 Å². The molecule has 4 rings (SSSR count). The van der Waals surface area contributed by atoms with Crippen LogP contribution in [-0.2, 0) is 9.53 Å². The van der Waals surface area contributed by atoms with Crippen LogP contribution < -0.4 is 5.32 Å². The van der Waals surface area contributed by atoms with E-state index in [9.17, 15) is 14.4 Å². The summed E-state index contributed by atoms with van der Waals surface area (Å²) in [5, 5.41) is 3.76. The lowest BCUT2D eigenvalue weighted by atomic mass is 9.94. The summed E-state index contributed by atoms with van der Waals surface area (Å²) in [6.45, 7) is 4.41. The molecule has 190 valence electrons. The number of piperazine rings is 1. The summed E-state index contributed by atoms with van der Waals surface area (Å²) in [5.41, 5.74) is 2.00. The molecule has 2 aliphatic heterocycles. The third-order valence-electron chi connectivity index (χ3n) is 6.43. The van der Waals surface area contributed by atoms with E-state index >= 15 is 0 Å². The maximum atomic E-state index is 13.1. The van der Waals surface area contributed by atoms with Crippen LogP contribution in [-0.4, -0.2) is 79.0 Å². The quantitative estimate of drug-likeness (QED) is 0.571. The third kappa shape index (κ3) is 5.36. The van der Waals surface area contributed by atoms with E-state index in [1.807, 2.05) is 6.07 Å². The zero-order chi connectivity index (χ0) is 25.8. The summed E-state index contributed by atoms with van der Waals surface area (Å²) in [4.78, 5) is 44.3. The lowest BCUT2D eigenvalue weighted by Crippen LogP contribution is -2.53. The van der Waals surface area contributed by atoms with Crippen LogP contribution in [0.4, 0.5) is 4.79 Å². The number of hydrogen-bond donors (Lipinski definition) is 1. The molecule has 0 aromatic heterocycles. The van der Waals surface area contributed by atoms with E-state index in [2.05, 4.69) is 10.2 Å². The summed E-state index contributed by atoms with van der Waals surface area (Å²) in [7, 11) is 1.63. The number of nitrogens with one attached hydrogen (secondary N) is 1. The maximum absolute atomic E-state index is 13.1. The van der Waals surface area contributed by atoms with Gasteiger partial charge in [0.15, 0.2) is 0 Å². The molecule has 1 saturated heterocycles. The minimum atomic E-state index is -0.737. The van der Waals surface area contributed by atoms with Crippen LogP contribution in [0.3, 0.4) is 0 Å². The predicted molar refractivity (Wildman–Crippen MR) is 138 cm³/mol. The van der Waals surface area contributed by atoms with Gasteiger partial charge >= 0.3 is 12.0 Å². The van der Waals surface area contributed by atoms with Crippen molar-refractivity contribution in [1.82, 2.24) is 20.0 Å². The van der Waals surface area contributed by atoms with Gasteiger partial charge in [-0.3, -0.25) is 14.6 Å². The number of amides is 3. The zero-order valence-electron chi connectivity index (χ0n) is 20.2. The van der Waals surface area contributed by atoms with Crippen molar-refractivity contribution < 1.29 is 19.1 Å². The third-order valence-corrected chi connectivity index (χ3v) is 7.10. The molecule has 0 unspecified atom stereocenters. The summed E-state index contributed by atoms with van der Waals surface area (Å²) in [6.07, 6.45) is 0. The Morgan fingerprint density at radius 2 is 1.64 bits per heavy atom. The second kappa shape index (κ2) is 11.3. The Morgan fingerprint density at radius 1 is 1.00 bits per heavy atom. The highest BCUT2D eigenvalue weighted by Crippen LogP contribution is 2.34. The van der Waals surface area contributed by atoms with Gasteiger partial charge in [0.25, 0.3) is 5.91 Å². The second-order valence-corrected chi connectivity index (χ2v) is 9.41. The van der Waals surface area contributed by atoms with Gasteiger partial charge in [-0.15, -0.1) is 0 Å². The first-order chi connectivity index (χ1) is 17.3. The minimum absolute atomic E-state index is 0.111. The van der Waals surface area contributed by atoms with Crippen LogP contribution in [0.5, 0.6) is 0 Å². The Morgan fingerprint density at radius 3 is 2.28 bits per heavy atom. The molecule has 0 spiro atoms. The molecule has 8 nitrogen and oxygen atoms in total. The lowest BCUT2D eigenvalue weighted by molar-refractivity contribution is -0.139. The van der Waals surface area contributed by atoms with Crippen LogP contribution in [0.2, 0.25) is 10.0 Å². The van der Waals surface area contributed by atoms with E-state index in [-0.39, 0.29) is 18.5 Å². The van der Waals surface area contributed by atoms with Gasteiger partial charge in [-0.2, -0.15) is 0 Å². The van der Waals surface area contributed by atoms with Crippen molar-refractivity contribution in [2.24, 2.45) is 0 Å². The number of nitrogens with zero attached hydrogens (tertiary/aromatic N) is 3. The van der Waals surface area contributed by atoms with Crippen molar-refractivity contribution in [3.8, 4) is 0 Å². The first kappa shape index (κ1) is 26.0.